The molecule has 3 heteroatoms. The lowest BCUT2D eigenvalue weighted by Gasteiger charge is -2.23. The minimum absolute atomic E-state index is 0.324. The molecule has 0 saturated heterocycles. The molecule has 0 N–H and O–H groups in total. The van der Waals surface area contributed by atoms with Crippen LogP contribution in [0.5, 0.6) is 0 Å². The summed E-state index contributed by atoms with van der Waals surface area (Å²) in [7, 11) is 0. The van der Waals surface area contributed by atoms with Crippen molar-refractivity contribution < 1.29 is 4.79 Å². The van der Waals surface area contributed by atoms with Gasteiger partial charge >= 0.3 is 0 Å². The summed E-state index contributed by atoms with van der Waals surface area (Å²) in [5, 5.41) is 0.988. The monoisotopic (exact) mass is 323 g/mol. The summed E-state index contributed by atoms with van der Waals surface area (Å²) in [6.07, 6.45) is 5.11. The van der Waals surface area contributed by atoms with Crippen LogP contribution in [0.4, 0.5) is 0 Å². The molecule has 1 aliphatic rings. The molecule has 0 heterocycles. The summed E-state index contributed by atoms with van der Waals surface area (Å²) in [5.74, 6) is 0.324. The van der Waals surface area contributed by atoms with Crippen LogP contribution >= 0.6 is 15.9 Å². The predicted octanol–water partition coefficient (Wildman–Crippen LogP) is 4.05. The summed E-state index contributed by atoms with van der Waals surface area (Å²) in [6.45, 7) is 2.88. The van der Waals surface area contributed by atoms with E-state index in [4.69, 9.17) is 0 Å². The molecular formula is C16H22BrNO. The van der Waals surface area contributed by atoms with Crippen molar-refractivity contribution in [2.75, 3.05) is 5.33 Å². The van der Waals surface area contributed by atoms with E-state index in [0.29, 0.717) is 18.4 Å². The Balaban J connectivity index is 1.94. The van der Waals surface area contributed by atoms with E-state index in [2.05, 4.69) is 52.0 Å². The van der Waals surface area contributed by atoms with Crippen LogP contribution in [0.1, 0.15) is 43.2 Å². The molecule has 0 atom stereocenters. The Kier molecular flexibility index (Phi) is 5.44. The third-order valence-electron chi connectivity index (χ3n) is 3.52. The molecule has 0 aliphatic heterocycles. The Morgan fingerprint density at radius 3 is 2.79 bits per heavy atom. The molecular weight excluding hydrogens is 302 g/mol. The van der Waals surface area contributed by atoms with Crippen LogP contribution in [0.15, 0.2) is 24.3 Å². The quantitative estimate of drug-likeness (QED) is 0.547. The fourth-order valence-corrected chi connectivity index (χ4v) is 2.73. The summed E-state index contributed by atoms with van der Waals surface area (Å²) in [6, 6.07) is 8.97. The highest BCUT2D eigenvalue weighted by Crippen LogP contribution is 2.29. The van der Waals surface area contributed by atoms with E-state index < -0.39 is 0 Å². The van der Waals surface area contributed by atoms with Gasteiger partial charge in [0.25, 0.3) is 0 Å². The van der Waals surface area contributed by atoms with Crippen molar-refractivity contribution in [1.82, 2.24) is 4.90 Å². The van der Waals surface area contributed by atoms with Gasteiger partial charge in [0.15, 0.2) is 0 Å². The first-order valence-electron chi connectivity index (χ1n) is 7.11. The minimum Gasteiger partial charge on any atom is -0.335 e. The highest BCUT2D eigenvalue weighted by atomic mass is 79.9. The average molecular weight is 324 g/mol. The number of rotatable bonds is 7. The van der Waals surface area contributed by atoms with Gasteiger partial charge in [-0.2, -0.15) is 0 Å². The molecule has 1 amide bonds. The van der Waals surface area contributed by atoms with Crippen LogP contribution < -0.4 is 0 Å². The first kappa shape index (κ1) is 14.6. The zero-order valence-electron chi connectivity index (χ0n) is 11.6. The number of alkyl halides is 1. The van der Waals surface area contributed by atoms with Crippen molar-refractivity contribution >= 4 is 21.8 Å². The zero-order chi connectivity index (χ0) is 13.7. The Morgan fingerprint density at radius 2 is 2.16 bits per heavy atom. The normalized spacial score (nSPS) is 14.4. The number of hydrogen-bond donors (Lipinski definition) is 0. The standard InChI is InChI=1S/C16H22BrNO/c1-13-5-4-6-14(11-13)12-18(15-8-9-15)16(19)7-2-3-10-17/h4-6,11,15H,2-3,7-10,12H2,1H3. The maximum absolute atomic E-state index is 12.3. The van der Waals surface area contributed by atoms with E-state index in [-0.39, 0.29) is 0 Å². The van der Waals surface area contributed by atoms with Crippen LogP contribution in [0.25, 0.3) is 0 Å². The number of amides is 1. The highest BCUT2D eigenvalue weighted by Gasteiger charge is 2.31. The van der Waals surface area contributed by atoms with Gasteiger partial charge in [0.05, 0.1) is 0 Å². The zero-order valence-corrected chi connectivity index (χ0v) is 13.2. The van der Waals surface area contributed by atoms with E-state index >= 15 is 0 Å². The van der Waals surface area contributed by atoms with Crippen molar-refractivity contribution in [3.8, 4) is 0 Å². The molecule has 1 aromatic carbocycles. The van der Waals surface area contributed by atoms with Crippen molar-refractivity contribution in [3.63, 3.8) is 0 Å². The molecule has 2 nitrogen and oxygen atoms in total. The molecule has 1 saturated carbocycles. The molecule has 2 rings (SSSR count). The fourth-order valence-electron chi connectivity index (χ4n) is 2.33. The van der Waals surface area contributed by atoms with Gasteiger partial charge in [0.1, 0.15) is 0 Å². The second kappa shape index (κ2) is 7.09. The largest absolute Gasteiger partial charge is 0.335 e. The first-order valence-corrected chi connectivity index (χ1v) is 8.24. The van der Waals surface area contributed by atoms with E-state index in [1.54, 1.807) is 0 Å². The lowest BCUT2D eigenvalue weighted by atomic mass is 10.1. The number of halogens is 1. The number of carbonyl (C=O) groups excluding carboxylic acids is 1. The molecule has 0 unspecified atom stereocenters. The number of nitrogens with zero attached hydrogens (tertiary/aromatic N) is 1. The van der Waals surface area contributed by atoms with E-state index in [0.717, 1.165) is 24.7 Å². The Hall–Kier alpha value is -0.830. The SMILES string of the molecule is Cc1cccc(CN(C(=O)CCCCBr)C2CC2)c1. The molecule has 0 spiro atoms. The van der Waals surface area contributed by atoms with Crippen LogP contribution in [-0.2, 0) is 11.3 Å². The number of benzene rings is 1. The summed E-state index contributed by atoms with van der Waals surface area (Å²) in [5.41, 5.74) is 2.51. The van der Waals surface area contributed by atoms with E-state index in [9.17, 15) is 4.79 Å². The van der Waals surface area contributed by atoms with Gasteiger partial charge in [-0.15, -0.1) is 0 Å². The van der Waals surface area contributed by atoms with Crippen LogP contribution in [-0.4, -0.2) is 22.2 Å². The van der Waals surface area contributed by atoms with Crippen LogP contribution in [0.3, 0.4) is 0 Å². The van der Waals surface area contributed by atoms with Crippen molar-refractivity contribution in [2.45, 2.75) is 51.6 Å². The highest BCUT2D eigenvalue weighted by molar-refractivity contribution is 9.09. The Labute approximate surface area is 124 Å². The van der Waals surface area contributed by atoms with Gasteiger partial charge in [-0.3, -0.25) is 4.79 Å². The third kappa shape index (κ3) is 4.64. The number of hydrogen-bond acceptors (Lipinski definition) is 1. The molecule has 19 heavy (non-hydrogen) atoms. The molecule has 1 aromatic rings. The molecule has 0 aromatic heterocycles. The lowest BCUT2D eigenvalue weighted by Crippen LogP contribution is -2.32. The van der Waals surface area contributed by atoms with Crippen LogP contribution in [0.2, 0.25) is 0 Å². The first-order chi connectivity index (χ1) is 9.20. The van der Waals surface area contributed by atoms with E-state index in [1.807, 2.05) is 0 Å². The summed E-state index contributed by atoms with van der Waals surface area (Å²) < 4.78 is 0. The van der Waals surface area contributed by atoms with Gasteiger partial charge in [0, 0.05) is 24.3 Å². The van der Waals surface area contributed by atoms with Crippen molar-refractivity contribution in [1.29, 1.82) is 0 Å². The lowest BCUT2D eigenvalue weighted by molar-refractivity contribution is -0.132. The third-order valence-corrected chi connectivity index (χ3v) is 4.08. The molecule has 1 fully saturated rings. The minimum atomic E-state index is 0.324. The Morgan fingerprint density at radius 1 is 1.37 bits per heavy atom. The smallest absolute Gasteiger partial charge is 0.223 e. The van der Waals surface area contributed by atoms with Crippen LogP contribution in [0, 0.1) is 6.92 Å². The van der Waals surface area contributed by atoms with Crippen molar-refractivity contribution in [3.05, 3.63) is 35.4 Å². The Bertz CT molecular complexity index is 429. The average Bonchev–Trinajstić information content (AvgIpc) is 3.20. The maximum atomic E-state index is 12.3. The second-order valence-corrected chi connectivity index (χ2v) is 6.18. The van der Waals surface area contributed by atoms with Gasteiger partial charge in [-0.1, -0.05) is 45.8 Å². The maximum Gasteiger partial charge on any atom is 0.223 e. The van der Waals surface area contributed by atoms with Crippen molar-refractivity contribution in [2.24, 2.45) is 0 Å². The summed E-state index contributed by atoms with van der Waals surface area (Å²) in [4.78, 5) is 14.4. The molecule has 104 valence electrons. The van der Waals surface area contributed by atoms with E-state index in [1.165, 1.54) is 24.0 Å². The number of unbranched alkanes of at least 4 members (excludes halogenated alkanes) is 1. The van der Waals surface area contributed by atoms with Gasteiger partial charge in [0.2, 0.25) is 5.91 Å². The predicted molar refractivity (Wildman–Crippen MR) is 82.4 cm³/mol. The number of aryl methyl sites for hydroxylation is 1. The molecule has 1 aliphatic carbocycles. The molecule has 0 radical (unpaired) electrons. The second-order valence-electron chi connectivity index (χ2n) is 5.39. The molecule has 0 bridgehead atoms. The van der Waals surface area contributed by atoms with Gasteiger partial charge in [-0.25, -0.2) is 0 Å². The van der Waals surface area contributed by atoms with Gasteiger partial charge < -0.3 is 4.90 Å². The summed E-state index contributed by atoms with van der Waals surface area (Å²) >= 11 is 3.41. The number of carbonyl (C=O) groups is 1. The topological polar surface area (TPSA) is 20.3 Å². The fraction of sp³-hybridized carbons (Fsp3) is 0.562. The van der Waals surface area contributed by atoms with Gasteiger partial charge in [-0.05, 0) is 38.2 Å².